The van der Waals surface area contributed by atoms with Gasteiger partial charge in [-0.2, -0.15) is 0 Å². The summed E-state index contributed by atoms with van der Waals surface area (Å²) in [5, 5.41) is 8.96. The van der Waals surface area contributed by atoms with Crippen molar-refractivity contribution in [2.75, 3.05) is 0 Å². The quantitative estimate of drug-likeness (QED) is 0.551. The average Bonchev–Trinajstić information content (AvgIpc) is 1.83. The number of aliphatic hydroxyl groups excluding tert-OH is 1. The number of aliphatic hydroxyl groups is 1. The van der Waals surface area contributed by atoms with Crippen molar-refractivity contribution in [2.24, 2.45) is 0 Å². The summed E-state index contributed by atoms with van der Waals surface area (Å²) in [5.41, 5.74) is 0. The van der Waals surface area contributed by atoms with Crippen molar-refractivity contribution in [3.63, 3.8) is 0 Å². The number of allylic oxidation sites excluding steroid dienone is 3. The van der Waals surface area contributed by atoms with Gasteiger partial charge in [0.1, 0.15) is 5.83 Å². The first kappa shape index (κ1) is 7.32. The lowest BCUT2D eigenvalue weighted by molar-refractivity contribution is 0.379. The Morgan fingerprint density at radius 3 is 2.80 bits per heavy atom. The van der Waals surface area contributed by atoms with Gasteiger partial charge in [-0.3, -0.25) is 0 Å². The fourth-order valence-corrected chi connectivity index (χ4v) is 0.963. The first-order chi connectivity index (χ1) is 4.79. The minimum Gasteiger partial charge on any atom is -0.512 e. The summed E-state index contributed by atoms with van der Waals surface area (Å²) < 4.78 is 12.5. The van der Waals surface area contributed by atoms with Crippen molar-refractivity contribution in [3.8, 4) is 0 Å². The molecule has 1 aliphatic rings. The minimum atomic E-state index is -0.214. The molecule has 0 spiro atoms. The minimum absolute atomic E-state index is 0.0833. The van der Waals surface area contributed by atoms with Gasteiger partial charge in [-0.05, 0) is 25.3 Å². The first-order valence-electron chi connectivity index (χ1n) is 3.51. The molecular weight excluding hydrogens is 131 g/mol. The smallest absolute Gasteiger partial charge is 0.103 e. The Labute approximate surface area is 59.9 Å². The second kappa shape index (κ2) is 3.40. The molecule has 0 bridgehead atoms. The maximum Gasteiger partial charge on any atom is 0.103 e. The molecule has 0 aromatic carbocycles. The topological polar surface area (TPSA) is 20.2 Å². The summed E-state index contributed by atoms with van der Waals surface area (Å²) >= 11 is 0. The van der Waals surface area contributed by atoms with Gasteiger partial charge in [0.2, 0.25) is 0 Å². The summed E-state index contributed by atoms with van der Waals surface area (Å²) in [6.07, 6.45) is 5.89. The molecule has 0 radical (unpaired) electrons. The van der Waals surface area contributed by atoms with Gasteiger partial charge in [0.05, 0.1) is 12.2 Å². The molecule has 0 saturated heterocycles. The summed E-state index contributed by atoms with van der Waals surface area (Å²) in [7, 11) is 0. The van der Waals surface area contributed by atoms with Crippen molar-refractivity contribution in [1.29, 1.82) is 0 Å². The van der Waals surface area contributed by atoms with Crippen LogP contribution in [0.1, 0.15) is 25.7 Å². The second-order valence-corrected chi connectivity index (χ2v) is 2.45. The molecule has 0 saturated carbocycles. The molecule has 0 amide bonds. The van der Waals surface area contributed by atoms with Crippen LogP contribution in [0.5, 0.6) is 0 Å². The highest BCUT2D eigenvalue weighted by atomic mass is 19.1. The van der Waals surface area contributed by atoms with Crippen LogP contribution in [0.15, 0.2) is 23.7 Å². The molecule has 0 aromatic heterocycles. The van der Waals surface area contributed by atoms with Crippen LogP contribution in [-0.4, -0.2) is 5.11 Å². The fraction of sp³-hybridized carbons (Fsp3) is 0.500. The van der Waals surface area contributed by atoms with Gasteiger partial charge in [-0.1, -0.05) is 6.08 Å². The Hall–Kier alpha value is -0.790. The van der Waals surface area contributed by atoms with Crippen LogP contribution in [0.4, 0.5) is 4.39 Å². The van der Waals surface area contributed by atoms with E-state index in [1.54, 1.807) is 12.2 Å². The molecule has 0 fully saturated rings. The zero-order chi connectivity index (χ0) is 7.40. The van der Waals surface area contributed by atoms with Crippen LogP contribution >= 0.6 is 0 Å². The zero-order valence-electron chi connectivity index (χ0n) is 5.81. The van der Waals surface area contributed by atoms with Gasteiger partial charge < -0.3 is 5.11 Å². The molecule has 0 aliphatic heterocycles. The van der Waals surface area contributed by atoms with Crippen LogP contribution in [0, 0.1) is 0 Å². The van der Waals surface area contributed by atoms with E-state index < -0.39 is 0 Å². The van der Waals surface area contributed by atoms with E-state index in [-0.39, 0.29) is 18.0 Å². The molecule has 2 heteroatoms. The Bertz CT molecular complexity index is 152. The molecule has 10 heavy (non-hydrogen) atoms. The molecule has 1 aliphatic carbocycles. The molecule has 0 atom stereocenters. The Balaban J connectivity index is 2.57. The van der Waals surface area contributed by atoms with E-state index in [0.29, 0.717) is 0 Å². The number of halogens is 1. The Morgan fingerprint density at radius 2 is 2.00 bits per heavy atom. The number of rotatable bonds is 0. The first-order valence-corrected chi connectivity index (χ1v) is 3.51. The number of hydrogen-bond acceptors (Lipinski definition) is 1. The third-order valence-electron chi connectivity index (χ3n) is 1.50. The predicted molar refractivity (Wildman–Crippen MR) is 38.4 cm³/mol. The molecular formula is C8H11FO. The van der Waals surface area contributed by atoms with E-state index >= 15 is 0 Å². The summed E-state index contributed by atoms with van der Waals surface area (Å²) in [4.78, 5) is 0. The highest BCUT2D eigenvalue weighted by Gasteiger charge is 2.01. The van der Waals surface area contributed by atoms with Crippen molar-refractivity contribution in [1.82, 2.24) is 0 Å². The van der Waals surface area contributed by atoms with Crippen LogP contribution in [0.3, 0.4) is 0 Å². The van der Waals surface area contributed by atoms with Gasteiger partial charge in [0.25, 0.3) is 0 Å². The summed E-state index contributed by atoms with van der Waals surface area (Å²) in [6, 6.07) is 0. The van der Waals surface area contributed by atoms with Gasteiger partial charge in [0, 0.05) is 0 Å². The lowest BCUT2D eigenvalue weighted by atomic mass is 10.1. The molecule has 1 nitrogen and oxygen atoms in total. The Morgan fingerprint density at radius 1 is 1.30 bits per heavy atom. The van der Waals surface area contributed by atoms with Gasteiger partial charge in [0.15, 0.2) is 0 Å². The Kier molecular flexibility index (Phi) is 2.49. The molecule has 0 unspecified atom stereocenters. The maximum atomic E-state index is 12.5. The molecule has 0 aromatic rings. The van der Waals surface area contributed by atoms with Crippen molar-refractivity contribution in [3.05, 3.63) is 23.7 Å². The standard InChI is InChI=1S/C8H11FO/c9-7-4-2-1-3-5-8(10)6-7/h4-5,10H,1-3,6H2/b7-4+,8-5+. The van der Waals surface area contributed by atoms with E-state index in [9.17, 15) is 4.39 Å². The van der Waals surface area contributed by atoms with Crippen LogP contribution in [0.2, 0.25) is 0 Å². The summed E-state index contributed by atoms with van der Waals surface area (Å²) in [5.74, 6) is -0.0538. The summed E-state index contributed by atoms with van der Waals surface area (Å²) in [6.45, 7) is 0. The van der Waals surface area contributed by atoms with Gasteiger partial charge in [-0.15, -0.1) is 0 Å². The normalized spacial score (nSPS) is 30.9. The van der Waals surface area contributed by atoms with E-state index in [4.69, 9.17) is 5.11 Å². The highest BCUT2D eigenvalue weighted by Crippen LogP contribution is 2.16. The lowest BCUT2D eigenvalue weighted by Crippen LogP contribution is -1.87. The third kappa shape index (κ3) is 2.21. The predicted octanol–water partition coefficient (Wildman–Crippen LogP) is 2.86. The largest absolute Gasteiger partial charge is 0.512 e. The highest BCUT2D eigenvalue weighted by molar-refractivity contribution is 5.06. The molecule has 56 valence electrons. The molecule has 1 N–H and O–H groups in total. The molecule has 0 heterocycles. The van der Waals surface area contributed by atoms with Crippen molar-refractivity contribution < 1.29 is 9.50 Å². The maximum absolute atomic E-state index is 12.5. The van der Waals surface area contributed by atoms with Crippen LogP contribution in [0.25, 0.3) is 0 Å². The molecule has 1 rings (SSSR count). The SMILES string of the molecule is O/C1=C/CCC/C=C(/F)C1. The number of hydrogen-bond donors (Lipinski definition) is 1. The average molecular weight is 142 g/mol. The zero-order valence-corrected chi connectivity index (χ0v) is 5.81. The van der Waals surface area contributed by atoms with E-state index in [1.807, 2.05) is 0 Å². The van der Waals surface area contributed by atoms with Crippen LogP contribution < -0.4 is 0 Å². The van der Waals surface area contributed by atoms with Crippen molar-refractivity contribution >= 4 is 0 Å². The lowest BCUT2D eigenvalue weighted by Gasteiger charge is -2.01. The van der Waals surface area contributed by atoms with Crippen molar-refractivity contribution in [2.45, 2.75) is 25.7 Å². The fourth-order valence-electron chi connectivity index (χ4n) is 0.963. The van der Waals surface area contributed by atoms with E-state index in [0.717, 1.165) is 19.3 Å². The van der Waals surface area contributed by atoms with E-state index in [1.165, 1.54) is 0 Å². The van der Waals surface area contributed by atoms with Crippen LogP contribution in [-0.2, 0) is 0 Å². The van der Waals surface area contributed by atoms with Gasteiger partial charge >= 0.3 is 0 Å². The third-order valence-corrected chi connectivity index (χ3v) is 1.50. The van der Waals surface area contributed by atoms with Gasteiger partial charge in [-0.25, -0.2) is 4.39 Å². The second-order valence-electron chi connectivity index (χ2n) is 2.45. The van der Waals surface area contributed by atoms with E-state index in [2.05, 4.69) is 0 Å². The monoisotopic (exact) mass is 142 g/mol.